The molecule has 0 N–H and O–H groups in total. The van der Waals surface area contributed by atoms with Crippen LogP contribution in [-0.2, 0) is 14.3 Å². The molecule has 122 valence electrons. The van der Waals surface area contributed by atoms with Crippen LogP contribution in [0.3, 0.4) is 0 Å². The predicted molar refractivity (Wildman–Crippen MR) is 80.4 cm³/mol. The SMILES string of the molecule is O=C([C@H]1CC(=O)N(c2ccc3c(c2)OCO3)C1)N1CCOCC1. The van der Waals surface area contributed by atoms with Gasteiger partial charge in [0.05, 0.1) is 19.1 Å². The second-order valence-electron chi connectivity index (χ2n) is 5.88. The van der Waals surface area contributed by atoms with Gasteiger partial charge in [-0.15, -0.1) is 0 Å². The van der Waals surface area contributed by atoms with Crippen LogP contribution in [0.1, 0.15) is 6.42 Å². The van der Waals surface area contributed by atoms with Gasteiger partial charge in [0, 0.05) is 37.8 Å². The maximum Gasteiger partial charge on any atom is 0.231 e. The van der Waals surface area contributed by atoms with Crippen molar-refractivity contribution in [2.24, 2.45) is 5.92 Å². The van der Waals surface area contributed by atoms with Crippen molar-refractivity contribution in [1.29, 1.82) is 0 Å². The van der Waals surface area contributed by atoms with Crippen LogP contribution >= 0.6 is 0 Å². The molecule has 0 saturated carbocycles. The van der Waals surface area contributed by atoms with Crippen molar-refractivity contribution < 1.29 is 23.8 Å². The number of carbonyl (C=O) groups excluding carboxylic acids is 2. The Hall–Kier alpha value is -2.28. The molecule has 2 amide bonds. The van der Waals surface area contributed by atoms with Crippen molar-refractivity contribution in [1.82, 2.24) is 4.90 Å². The quantitative estimate of drug-likeness (QED) is 0.800. The zero-order chi connectivity index (χ0) is 15.8. The van der Waals surface area contributed by atoms with E-state index in [4.69, 9.17) is 14.2 Å². The number of fused-ring (bicyclic) bond motifs is 1. The molecule has 7 nitrogen and oxygen atoms in total. The summed E-state index contributed by atoms with van der Waals surface area (Å²) in [6, 6.07) is 5.41. The first-order chi connectivity index (χ1) is 11.2. The number of benzene rings is 1. The summed E-state index contributed by atoms with van der Waals surface area (Å²) in [6.07, 6.45) is 0.255. The number of carbonyl (C=O) groups is 2. The molecule has 2 saturated heterocycles. The summed E-state index contributed by atoms with van der Waals surface area (Å²) in [7, 11) is 0. The van der Waals surface area contributed by atoms with Gasteiger partial charge in [-0.1, -0.05) is 0 Å². The number of morpholine rings is 1. The van der Waals surface area contributed by atoms with E-state index >= 15 is 0 Å². The van der Waals surface area contributed by atoms with E-state index in [1.807, 2.05) is 6.07 Å². The van der Waals surface area contributed by atoms with Gasteiger partial charge in [-0.25, -0.2) is 0 Å². The zero-order valence-electron chi connectivity index (χ0n) is 12.7. The van der Waals surface area contributed by atoms with Gasteiger partial charge in [-0.2, -0.15) is 0 Å². The van der Waals surface area contributed by atoms with E-state index < -0.39 is 0 Å². The summed E-state index contributed by atoms with van der Waals surface area (Å²) >= 11 is 0. The van der Waals surface area contributed by atoms with Crippen LogP contribution in [0.25, 0.3) is 0 Å². The first-order valence-electron chi connectivity index (χ1n) is 7.79. The third-order valence-corrected chi connectivity index (χ3v) is 4.46. The lowest BCUT2D eigenvalue weighted by molar-refractivity contribution is -0.139. The fraction of sp³-hybridized carbons (Fsp3) is 0.500. The maximum atomic E-state index is 12.6. The van der Waals surface area contributed by atoms with Crippen molar-refractivity contribution in [3.63, 3.8) is 0 Å². The Balaban J connectivity index is 1.48. The van der Waals surface area contributed by atoms with E-state index in [0.29, 0.717) is 44.3 Å². The second-order valence-corrected chi connectivity index (χ2v) is 5.88. The number of nitrogens with zero attached hydrogens (tertiary/aromatic N) is 2. The Labute approximate surface area is 133 Å². The lowest BCUT2D eigenvalue weighted by Crippen LogP contribution is -2.44. The van der Waals surface area contributed by atoms with Gasteiger partial charge < -0.3 is 24.0 Å². The van der Waals surface area contributed by atoms with E-state index in [1.54, 1.807) is 21.9 Å². The lowest BCUT2D eigenvalue weighted by Gasteiger charge is -2.29. The molecule has 2 fully saturated rings. The van der Waals surface area contributed by atoms with Gasteiger partial charge in [-0.05, 0) is 12.1 Å². The number of amides is 2. The number of ether oxygens (including phenoxy) is 3. The molecule has 0 aromatic heterocycles. The molecular formula is C16H18N2O5. The minimum atomic E-state index is -0.286. The number of hydrogen-bond acceptors (Lipinski definition) is 5. The topological polar surface area (TPSA) is 68.3 Å². The Bertz CT molecular complexity index is 641. The van der Waals surface area contributed by atoms with Crippen molar-refractivity contribution in [3.05, 3.63) is 18.2 Å². The maximum absolute atomic E-state index is 12.6. The molecule has 0 unspecified atom stereocenters. The van der Waals surface area contributed by atoms with Crippen LogP contribution < -0.4 is 14.4 Å². The van der Waals surface area contributed by atoms with E-state index in [2.05, 4.69) is 0 Å². The lowest BCUT2D eigenvalue weighted by atomic mass is 10.1. The van der Waals surface area contributed by atoms with Gasteiger partial charge in [0.15, 0.2) is 11.5 Å². The smallest absolute Gasteiger partial charge is 0.231 e. The van der Waals surface area contributed by atoms with Gasteiger partial charge in [0.1, 0.15) is 0 Å². The van der Waals surface area contributed by atoms with Gasteiger partial charge in [-0.3, -0.25) is 9.59 Å². The molecule has 1 aromatic carbocycles. The van der Waals surface area contributed by atoms with E-state index in [9.17, 15) is 9.59 Å². The van der Waals surface area contributed by atoms with Gasteiger partial charge >= 0.3 is 0 Å². The fourth-order valence-electron chi connectivity index (χ4n) is 3.22. The Morgan fingerprint density at radius 1 is 1.13 bits per heavy atom. The molecule has 1 atom stereocenters. The molecule has 3 aliphatic heterocycles. The number of rotatable bonds is 2. The highest BCUT2D eigenvalue weighted by molar-refractivity contribution is 6.00. The average Bonchev–Trinajstić information content (AvgIpc) is 3.20. The second kappa shape index (κ2) is 5.73. The molecule has 3 aliphatic rings. The monoisotopic (exact) mass is 318 g/mol. The van der Waals surface area contributed by atoms with E-state index in [-0.39, 0.29) is 30.9 Å². The summed E-state index contributed by atoms with van der Waals surface area (Å²) < 4.78 is 15.9. The molecule has 1 aromatic rings. The highest BCUT2D eigenvalue weighted by atomic mass is 16.7. The van der Waals surface area contributed by atoms with Crippen molar-refractivity contribution in [3.8, 4) is 11.5 Å². The van der Waals surface area contributed by atoms with Crippen molar-refractivity contribution >= 4 is 17.5 Å². The Kier molecular flexibility index (Phi) is 3.57. The van der Waals surface area contributed by atoms with Crippen molar-refractivity contribution in [2.45, 2.75) is 6.42 Å². The van der Waals surface area contributed by atoms with Crippen LogP contribution in [0.4, 0.5) is 5.69 Å². The molecule has 23 heavy (non-hydrogen) atoms. The molecule has 7 heteroatoms. The third kappa shape index (κ3) is 2.61. The van der Waals surface area contributed by atoms with Crippen LogP contribution in [-0.4, -0.2) is 56.4 Å². The molecule has 0 radical (unpaired) electrons. The standard InChI is InChI=1S/C16H18N2O5/c19-15-7-11(16(20)17-3-5-21-6-4-17)9-18(15)12-1-2-13-14(8-12)23-10-22-13/h1-2,8,11H,3-7,9-10H2/t11-/m0/s1. The van der Waals surface area contributed by atoms with E-state index in [1.165, 1.54) is 0 Å². The largest absolute Gasteiger partial charge is 0.454 e. The van der Waals surface area contributed by atoms with Crippen LogP contribution in [0.5, 0.6) is 11.5 Å². The minimum absolute atomic E-state index is 0.0320. The van der Waals surface area contributed by atoms with E-state index in [0.717, 1.165) is 5.69 Å². The molecular weight excluding hydrogens is 300 g/mol. The molecule has 0 spiro atoms. The summed E-state index contributed by atoms with van der Waals surface area (Å²) in [6.45, 7) is 2.96. The molecule has 4 rings (SSSR count). The third-order valence-electron chi connectivity index (χ3n) is 4.46. The van der Waals surface area contributed by atoms with Crippen LogP contribution in [0, 0.1) is 5.92 Å². The fourth-order valence-corrected chi connectivity index (χ4v) is 3.22. The molecule has 3 heterocycles. The normalized spacial score (nSPS) is 23.5. The van der Waals surface area contributed by atoms with Crippen LogP contribution in [0.15, 0.2) is 18.2 Å². The van der Waals surface area contributed by atoms with Crippen LogP contribution in [0.2, 0.25) is 0 Å². The summed E-state index contributed by atoms with van der Waals surface area (Å²) in [5.41, 5.74) is 0.747. The van der Waals surface area contributed by atoms with Crippen molar-refractivity contribution in [2.75, 3.05) is 44.5 Å². The summed E-state index contributed by atoms with van der Waals surface area (Å²) in [4.78, 5) is 28.3. The average molecular weight is 318 g/mol. The Morgan fingerprint density at radius 2 is 1.91 bits per heavy atom. The highest BCUT2D eigenvalue weighted by Gasteiger charge is 2.37. The first kappa shape index (κ1) is 14.3. The highest BCUT2D eigenvalue weighted by Crippen LogP contribution is 2.37. The van der Waals surface area contributed by atoms with Gasteiger partial charge in [0.25, 0.3) is 0 Å². The Morgan fingerprint density at radius 3 is 2.74 bits per heavy atom. The molecule has 0 bridgehead atoms. The van der Waals surface area contributed by atoms with Gasteiger partial charge in [0.2, 0.25) is 18.6 Å². The number of anilines is 1. The predicted octanol–water partition coefficient (Wildman–Crippen LogP) is 0.627. The summed E-state index contributed by atoms with van der Waals surface area (Å²) in [5.74, 6) is 1.05. The minimum Gasteiger partial charge on any atom is -0.454 e. The summed E-state index contributed by atoms with van der Waals surface area (Å²) in [5, 5.41) is 0. The zero-order valence-corrected chi connectivity index (χ0v) is 12.7. The number of hydrogen-bond donors (Lipinski definition) is 0. The molecule has 0 aliphatic carbocycles. The first-order valence-corrected chi connectivity index (χ1v) is 7.79.